The van der Waals surface area contributed by atoms with Crippen LogP contribution in [0.1, 0.15) is 26.3 Å². The topological polar surface area (TPSA) is 22.4 Å². The van der Waals surface area contributed by atoms with Gasteiger partial charge < -0.3 is 8.84 Å². The summed E-state index contributed by atoms with van der Waals surface area (Å²) in [6, 6.07) is 5.49. The fourth-order valence-corrected chi connectivity index (χ4v) is 2.62. The fraction of sp³-hybridized carbons (Fsp3) is 0.467. The first-order valence-electron chi connectivity index (χ1n) is 6.51. The lowest BCUT2D eigenvalue weighted by atomic mass is 10.1. The van der Waals surface area contributed by atoms with Gasteiger partial charge in [0.05, 0.1) is 12.0 Å². The zero-order valence-electron chi connectivity index (χ0n) is 12.2. The van der Waals surface area contributed by atoms with Crippen LogP contribution in [0.4, 0.5) is 4.39 Å². The molecule has 0 unspecified atom stereocenters. The second-order valence-corrected chi connectivity index (χ2v) is 11.2. The van der Waals surface area contributed by atoms with Gasteiger partial charge in [-0.2, -0.15) is 0 Å². The van der Waals surface area contributed by atoms with Crippen molar-refractivity contribution in [2.24, 2.45) is 0 Å². The van der Waals surface area contributed by atoms with Gasteiger partial charge in [-0.15, -0.1) is 0 Å². The van der Waals surface area contributed by atoms with E-state index in [0.717, 1.165) is 11.8 Å². The molecule has 2 rings (SSSR count). The van der Waals surface area contributed by atoms with Crippen molar-refractivity contribution in [2.75, 3.05) is 0 Å². The Bertz CT molecular complexity index is 581. The van der Waals surface area contributed by atoms with E-state index in [1.807, 2.05) is 12.1 Å². The quantitative estimate of drug-likeness (QED) is 0.730. The maximum atomic E-state index is 13.5. The second-order valence-electron chi connectivity index (χ2n) is 6.43. The molecule has 104 valence electrons. The second kappa shape index (κ2) is 4.76. The molecule has 0 saturated carbocycles. The number of para-hydroxylation sites is 1. The molecule has 1 aromatic heterocycles. The molecule has 0 aliphatic carbocycles. The molecule has 0 spiro atoms. The highest BCUT2D eigenvalue weighted by molar-refractivity contribution is 6.74. The minimum Gasteiger partial charge on any atom is -0.461 e. The van der Waals surface area contributed by atoms with Crippen LogP contribution in [0.2, 0.25) is 18.1 Å². The molecule has 19 heavy (non-hydrogen) atoms. The summed E-state index contributed by atoms with van der Waals surface area (Å²) in [6.45, 7) is 11.5. The van der Waals surface area contributed by atoms with Crippen molar-refractivity contribution in [1.82, 2.24) is 0 Å². The van der Waals surface area contributed by atoms with Crippen LogP contribution in [0.15, 0.2) is 28.9 Å². The minimum atomic E-state index is -1.80. The number of benzene rings is 1. The van der Waals surface area contributed by atoms with E-state index in [4.69, 9.17) is 8.84 Å². The molecular formula is C15H21FO2Si. The number of hydrogen-bond donors (Lipinski definition) is 0. The Labute approximate surface area is 114 Å². The predicted molar refractivity (Wildman–Crippen MR) is 78.2 cm³/mol. The Morgan fingerprint density at radius 2 is 1.95 bits per heavy atom. The third-order valence-electron chi connectivity index (χ3n) is 4.03. The molecule has 1 aromatic carbocycles. The molecule has 0 fully saturated rings. The summed E-state index contributed by atoms with van der Waals surface area (Å²) in [6.07, 6.45) is 1.15. The SMILES string of the molecule is CC(C)(C)[Si](C)(C)OCc1cccc2c(F)coc12. The molecule has 1 heterocycles. The van der Waals surface area contributed by atoms with Crippen LogP contribution in [0.5, 0.6) is 0 Å². The maximum absolute atomic E-state index is 13.5. The van der Waals surface area contributed by atoms with Gasteiger partial charge in [0, 0.05) is 5.56 Å². The Hall–Kier alpha value is -1.13. The van der Waals surface area contributed by atoms with Crippen LogP contribution < -0.4 is 0 Å². The average Bonchev–Trinajstić information content (AvgIpc) is 2.68. The Morgan fingerprint density at radius 3 is 2.58 bits per heavy atom. The van der Waals surface area contributed by atoms with Gasteiger partial charge in [0.1, 0.15) is 11.8 Å². The first-order chi connectivity index (χ1) is 8.72. The Balaban J connectivity index is 2.23. The minimum absolute atomic E-state index is 0.162. The summed E-state index contributed by atoms with van der Waals surface area (Å²) in [5, 5.41) is 0.686. The van der Waals surface area contributed by atoms with E-state index >= 15 is 0 Å². The van der Waals surface area contributed by atoms with Gasteiger partial charge in [-0.25, -0.2) is 4.39 Å². The zero-order chi connectivity index (χ0) is 14.3. The van der Waals surface area contributed by atoms with Gasteiger partial charge >= 0.3 is 0 Å². The van der Waals surface area contributed by atoms with E-state index in [9.17, 15) is 4.39 Å². The molecule has 0 aliphatic heterocycles. The van der Waals surface area contributed by atoms with Gasteiger partial charge in [-0.3, -0.25) is 0 Å². The van der Waals surface area contributed by atoms with E-state index in [1.54, 1.807) is 6.07 Å². The summed E-state index contributed by atoms with van der Waals surface area (Å²) >= 11 is 0. The number of furan rings is 1. The van der Waals surface area contributed by atoms with Crippen LogP contribution in [0.3, 0.4) is 0 Å². The van der Waals surface area contributed by atoms with Gasteiger partial charge in [0.15, 0.2) is 14.1 Å². The third-order valence-corrected chi connectivity index (χ3v) is 8.51. The predicted octanol–water partition coefficient (Wildman–Crippen LogP) is 5.09. The van der Waals surface area contributed by atoms with Gasteiger partial charge in [-0.1, -0.05) is 32.9 Å². The van der Waals surface area contributed by atoms with Crippen molar-refractivity contribution < 1.29 is 13.2 Å². The number of hydrogen-bond acceptors (Lipinski definition) is 2. The Morgan fingerprint density at radius 1 is 1.26 bits per heavy atom. The first-order valence-corrected chi connectivity index (χ1v) is 9.42. The van der Waals surface area contributed by atoms with Gasteiger partial charge in [0.25, 0.3) is 0 Å². The highest BCUT2D eigenvalue weighted by Crippen LogP contribution is 2.37. The van der Waals surface area contributed by atoms with E-state index < -0.39 is 8.32 Å². The van der Waals surface area contributed by atoms with Gasteiger partial charge in [-0.05, 0) is 24.2 Å². The molecule has 2 nitrogen and oxygen atoms in total. The molecule has 4 heteroatoms. The third kappa shape index (κ3) is 2.74. The molecule has 0 radical (unpaired) electrons. The summed E-state index contributed by atoms with van der Waals surface area (Å²) in [4.78, 5) is 0. The van der Waals surface area contributed by atoms with Crippen molar-refractivity contribution in [2.45, 2.75) is 45.5 Å². The standard InChI is InChI=1S/C15H21FO2Si/c1-15(2,3)19(4,5)18-9-11-7-6-8-12-13(16)10-17-14(11)12/h6-8,10H,9H2,1-5H3. The molecule has 0 N–H and O–H groups in total. The van der Waals surface area contributed by atoms with Crippen molar-refractivity contribution >= 4 is 19.3 Å². The summed E-state index contributed by atoms with van der Waals surface area (Å²) in [5.74, 6) is -0.316. The molecule has 2 aromatic rings. The highest BCUT2D eigenvalue weighted by Gasteiger charge is 2.37. The maximum Gasteiger partial charge on any atom is 0.192 e. The normalized spacial score (nSPS) is 13.2. The molecule has 0 bridgehead atoms. The Kier molecular flexibility index (Phi) is 3.58. The number of rotatable bonds is 3. The lowest BCUT2D eigenvalue weighted by Crippen LogP contribution is -2.40. The van der Waals surface area contributed by atoms with Crippen molar-refractivity contribution in [3.63, 3.8) is 0 Å². The lowest BCUT2D eigenvalue weighted by molar-refractivity contribution is 0.276. The highest BCUT2D eigenvalue weighted by atomic mass is 28.4. The zero-order valence-corrected chi connectivity index (χ0v) is 13.2. The summed E-state index contributed by atoms with van der Waals surface area (Å²) < 4.78 is 24.9. The molecule has 0 amide bonds. The van der Waals surface area contributed by atoms with Gasteiger partial charge in [0.2, 0.25) is 0 Å². The van der Waals surface area contributed by atoms with E-state index in [-0.39, 0.29) is 10.9 Å². The van der Waals surface area contributed by atoms with Crippen LogP contribution in [-0.2, 0) is 11.0 Å². The number of halogens is 1. The number of fused-ring (bicyclic) bond motifs is 1. The average molecular weight is 280 g/mol. The van der Waals surface area contributed by atoms with Crippen LogP contribution in [0, 0.1) is 5.82 Å². The van der Waals surface area contributed by atoms with Crippen molar-refractivity contribution in [3.8, 4) is 0 Å². The van der Waals surface area contributed by atoms with Crippen molar-refractivity contribution in [1.29, 1.82) is 0 Å². The molecule has 0 saturated heterocycles. The van der Waals surface area contributed by atoms with Crippen LogP contribution >= 0.6 is 0 Å². The van der Waals surface area contributed by atoms with E-state index in [2.05, 4.69) is 33.9 Å². The monoisotopic (exact) mass is 280 g/mol. The lowest BCUT2D eigenvalue weighted by Gasteiger charge is -2.36. The molecular weight excluding hydrogens is 259 g/mol. The largest absolute Gasteiger partial charge is 0.461 e. The van der Waals surface area contributed by atoms with E-state index in [0.29, 0.717) is 17.6 Å². The molecule has 0 aliphatic rings. The van der Waals surface area contributed by atoms with Crippen LogP contribution in [0.25, 0.3) is 11.0 Å². The van der Waals surface area contributed by atoms with Crippen LogP contribution in [-0.4, -0.2) is 8.32 Å². The molecule has 0 atom stereocenters. The summed E-state index contributed by atoms with van der Waals surface area (Å²) in [7, 11) is -1.80. The summed E-state index contributed by atoms with van der Waals surface area (Å²) in [5.41, 5.74) is 1.50. The van der Waals surface area contributed by atoms with Crippen molar-refractivity contribution in [3.05, 3.63) is 35.8 Å². The smallest absolute Gasteiger partial charge is 0.192 e. The van der Waals surface area contributed by atoms with E-state index in [1.165, 1.54) is 0 Å². The fourth-order valence-electron chi connectivity index (χ4n) is 1.67. The first kappa shape index (κ1) is 14.3.